The molecular weight excluding hydrogens is 198 g/mol. The number of rotatable bonds is 3. The molecule has 0 radical (unpaired) electrons. The van der Waals surface area contributed by atoms with Gasteiger partial charge in [0.1, 0.15) is 0 Å². The van der Waals surface area contributed by atoms with E-state index in [9.17, 15) is 0 Å². The summed E-state index contributed by atoms with van der Waals surface area (Å²) in [5, 5.41) is 0. The SMILES string of the molecule is CCC(C)C(C)(N)C1CCOC2(CCC2)C1. The van der Waals surface area contributed by atoms with Crippen LogP contribution in [0, 0.1) is 11.8 Å². The Labute approximate surface area is 99.9 Å². The summed E-state index contributed by atoms with van der Waals surface area (Å²) >= 11 is 0. The molecular formula is C14H27NO. The zero-order valence-corrected chi connectivity index (χ0v) is 11.1. The first-order valence-electron chi connectivity index (χ1n) is 6.93. The first-order valence-corrected chi connectivity index (χ1v) is 6.93. The maximum Gasteiger partial charge on any atom is 0.0686 e. The summed E-state index contributed by atoms with van der Waals surface area (Å²) in [5.74, 6) is 1.25. The third-order valence-electron chi connectivity index (χ3n) is 5.31. The molecule has 1 heterocycles. The predicted octanol–water partition coefficient (Wildman–Crippen LogP) is 3.10. The van der Waals surface area contributed by atoms with Crippen molar-refractivity contribution < 1.29 is 4.74 Å². The van der Waals surface area contributed by atoms with E-state index in [4.69, 9.17) is 10.5 Å². The van der Waals surface area contributed by atoms with Gasteiger partial charge in [0.25, 0.3) is 0 Å². The Morgan fingerprint density at radius 2 is 2.19 bits per heavy atom. The molecule has 1 spiro atoms. The van der Waals surface area contributed by atoms with Crippen LogP contribution in [0.5, 0.6) is 0 Å². The van der Waals surface area contributed by atoms with E-state index in [0.717, 1.165) is 13.0 Å². The van der Waals surface area contributed by atoms with Gasteiger partial charge >= 0.3 is 0 Å². The molecule has 1 aliphatic carbocycles. The van der Waals surface area contributed by atoms with Crippen LogP contribution in [0.25, 0.3) is 0 Å². The third-order valence-corrected chi connectivity index (χ3v) is 5.31. The molecule has 0 aromatic rings. The molecule has 0 aromatic heterocycles. The van der Waals surface area contributed by atoms with E-state index in [-0.39, 0.29) is 11.1 Å². The van der Waals surface area contributed by atoms with Crippen LogP contribution in [0.4, 0.5) is 0 Å². The van der Waals surface area contributed by atoms with Crippen LogP contribution < -0.4 is 5.73 Å². The van der Waals surface area contributed by atoms with Gasteiger partial charge in [-0.2, -0.15) is 0 Å². The molecule has 0 bridgehead atoms. The number of hydrogen-bond acceptors (Lipinski definition) is 2. The maximum absolute atomic E-state index is 6.59. The second-order valence-electron chi connectivity index (χ2n) is 6.25. The van der Waals surface area contributed by atoms with Crippen LogP contribution in [0.1, 0.15) is 59.3 Å². The molecule has 2 heteroatoms. The Morgan fingerprint density at radius 3 is 2.69 bits per heavy atom. The Kier molecular flexibility index (Phi) is 3.33. The van der Waals surface area contributed by atoms with Gasteiger partial charge in [-0.3, -0.25) is 0 Å². The summed E-state index contributed by atoms with van der Waals surface area (Å²) in [7, 11) is 0. The smallest absolute Gasteiger partial charge is 0.0686 e. The molecule has 3 atom stereocenters. The summed E-state index contributed by atoms with van der Waals surface area (Å²) in [4.78, 5) is 0. The van der Waals surface area contributed by atoms with Gasteiger partial charge in [0.15, 0.2) is 0 Å². The Balaban J connectivity index is 2.03. The van der Waals surface area contributed by atoms with Crippen LogP contribution in [-0.4, -0.2) is 17.7 Å². The zero-order valence-electron chi connectivity index (χ0n) is 11.1. The normalized spacial score (nSPS) is 34.1. The summed E-state index contributed by atoms with van der Waals surface area (Å²) in [6.45, 7) is 7.72. The highest BCUT2D eigenvalue weighted by atomic mass is 16.5. The largest absolute Gasteiger partial charge is 0.375 e. The van der Waals surface area contributed by atoms with Gasteiger partial charge in [0, 0.05) is 12.1 Å². The number of hydrogen-bond donors (Lipinski definition) is 1. The molecule has 2 aliphatic rings. The molecule has 1 saturated heterocycles. The van der Waals surface area contributed by atoms with Crippen molar-refractivity contribution in [3.05, 3.63) is 0 Å². The summed E-state index contributed by atoms with van der Waals surface area (Å²) in [5.41, 5.74) is 6.81. The average Bonchev–Trinajstić information content (AvgIpc) is 2.26. The molecule has 0 aromatic carbocycles. The van der Waals surface area contributed by atoms with Crippen LogP contribution in [0.2, 0.25) is 0 Å². The van der Waals surface area contributed by atoms with Crippen LogP contribution >= 0.6 is 0 Å². The first-order chi connectivity index (χ1) is 7.50. The molecule has 2 fully saturated rings. The molecule has 2 nitrogen and oxygen atoms in total. The highest BCUT2D eigenvalue weighted by molar-refractivity contribution is 5.01. The van der Waals surface area contributed by atoms with E-state index in [2.05, 4.69) is 20.8 Å². The molecule has 3 unspecified atom stereocenters. The molecule has 2 N–H and O–H groups in total. The Hall–Kier alpha value is -0.0800. The van der Waals surface area contributed by atoms with Crippen molar-refractivity contribution in [3.63, 3.8) is 0 Å². The third kappa shape index (κ3) is 2.02. The van der Waals surface area contributed by atoms with Gasteiger partial charge in [-0.1, -0.05) is 20.3 Å². The fraction of sp³-hybridized carbons (Fsp3) is 1.00. The minimum absolute atomic E-state index is 0.0128. The summed E-state index contributed by atoms with van der Waals surface area (Å²) < 4.78 is 5.98. The van der Waals surface area contributed by atoms with Crippen molar-refractivity contribution in [2.75, 3.05) is 6.61 Å². The van der Waals surface area contributed by atoms with Gasteiger partial charge in [0.05, 0.1) is 5.60 Å². The minimum Gasteiger partial charge on any atom is -0.375 e. The van der Waals surface area contributed by atoms with Crippen molar-refractivity contribution >= 4 is 0 Å². The van der Waals surface area contributed by atoms with Gasteiger partial charge in [-0.25, -0.2) is 0 Å². The van der Waals surface area contributed by atoms with Crippen LogP contribution in [-0.2, 0) is 4.74 Å². The van der Waals surface area contributed by atoms with Crippen LogP contribution in [0.15, 0.2) is 0 Å². The standard InChI is InChI=1S/C14H27NO/c1-4-11(2)13(3,15)12-6-9-16-14(10-12)7-5-8-14/h11-12H,4-10,15H2,1-3H3. The monoisotopic (exact) mass is 225 g/mol. The number of nitrogens with two attached hydrogens (primary N) is 1. The fourth-order valence-electron chi connectivity index (χ4n) is 3.32. The highest BCUT2D eigenvalue weighted by Crippen LogP contribution is 2.47. The molecule has 1 saturated carbocycles. The second-order valence-corrected chi connectivity index (χ2v) is 6.25. The Morgan fingerprint density at radius 1 is 1.50 bits per heavy atom. The molecule has 0 amide bonds. The zero-order chi connectivity index (χ0) is 11.8. The van der Waals surface area contributed by atoms with E-state index in [1.165, 1.54) is 32.1 Å². The van der Waals surface area contributed by atoms with Gasteiger partial charge < -0.3 is 10.5 Å². The first kappa shape index (κ1) is 12.4. The molecule has 16 heavy (non-hydrogen) atoms. The van der Waals surface area contributed by atoms with Crippen molar-refractivity contribution in [1.29, 1.82) is 0 Å². The quantitative estimate of drug-likeness (QED) is 0.801. The highest BCUT2D eigenvalue weighted by Gasteiger charge is 2.47. The van der Waals surface area contributed by atoms with E-state index in [0.29, 0.717) is 11.8 Å². The number of ether oxygens (including phenoxy) is 1. The lowest BCUT2D eigenvalue weighted by Crippen LogP contribution is -2.56. The lowest BCUT2D eigenvalue weighted by atomic mass is 9.64. The Bertz CT molecular complexity index is 245. The van der Waals surface area contributed by atoms with E-state index in [1.807, 2.05) is 0 Å². The van der Waals surface area contributed by atoms with E-state index < -0.39 is 0 Å². The van der Waals surface area contributed by atoms with Gasteiger partial charge in [0.2, 0.25) is 0 Å². The molecule has 94 valence electrons. The average molecular weight is 225 g/mol. The molecule has 1 aliphatic heterocycles. The molecule has 2 rings (SSSR count). The van der Waals surface area contributed by atoms with Gasteiger partial charge in [-0.05, 0) is 50.9 Å². The van der Waals surface area contributed by atoms with E-state index in [1.54, 1.807) is 0 Å². The lowest BCUT2D eigenvalue weighted by molar-refractivity contribution is -0.154. The van der Waals surface area contributed by atoms with Gasteiger partial charge in [-0.15, -0.1) is 0 Å². The lowest BCUT2D eigenvalue weighted by Gasteiger charge is -2.52. The van der Waals surface area contributed by atoms with Crippen molar-refractivity contribution in [3.8, 4) is 0 Å². The van der Waals surface area contributed by atoms with E-state index >= 15 is 0 Å². The predicted molar refractivity (Wildman–Crippen MR) is 67.3 cm³/mol. The van der Waals surface area contributed by atoms with Crippen molar-refractivity contribution in [2.24, 2.45) is 17.6 Å². The fourth-order valence-corrected chi connectivity index (χ4v) is 3.32. The maximum atomic E-state index is 6.59. The summed E-state index contributed by atoms with van der Waals surface area (Å²) in [6, 6.07) is 0. The second kappa shape index (κ2) is 4.30. The summed E-state index contributed by atoms with van der Waals surface area (Å²) in [6.07, 6.45) is 7.40. The van der Waals surface area contributed by atoms with Crippen molar-refractivity contribution in [2.45, 2.75) is 70.4 Å². The minimum atomic E-state index is -0.0128. The van der Waals surface area contributed by atoms with Crippen LogP contribution in [0.3, 0.4) is 0 Å². The topological polar surface area (TPSA) is 35.2 Å². The van der Waals surface area contributed by atoms with Crippen molar-refractivity contribution in [1.82, 2.24) is 0 Å².